The van der Waals surface area contributed by atoms with Crippen molar-refractivity contribution < 1.29 is 13.2 Å². The molecule has 2 fully saturated rings. The standard InChI is InChI=1S/C22H34F3N5.HI/c1-18(22(23,24)25)29-12-14-30(15-13-29)21(26-2)27-16-20-9-11-28(17-20)10-8-19-6-4-3-5-7-19;/h3-7,18,20H,8-17H2,1-2H3,(H,26,27);1H. The number of rotatable bonds is 6. The number of likely N-dealkylation sites (tertiary alicyclic amines) is 1. The van der Waals surface area contributed by atoms with Crippen molar-refractivity contribution in [2.75, 3.05) is 59.4 Å². The summed E-state index contributed by atoms with van der Waals surface area (Å²) in [6.45, 7) is 7.30. The zero-order valence-electron chi connectivity index (χ0n) is 18.4. The molecule has 0 spiro atoms. The Morgan fingerprint density at radius 3 is 2.42 bits per heavy atom. The van der Waals surface area contributed by atoms with Crippen LogP contribution in [0.25, 0.3) is 0 Å². The number of hydrogen-bond acceptors (Lipinski definition) is 3. The van der Waals surface area contributed by atoms with E-state index in [-0.39, 0.29) is 24.0 Å². The van der Waals surface area contributed by atoms with Gasteiger partial charge < -0.3 is 15.1 Å². The third-order valence-electron chi connectivity index (χ3n) is 6.33. The van der Waals surface area contributed by atoms with Crippen molar-refractivity contribution in [2.24, 2.45) is 10.9 Å². The molecule has 2 heterocycles. The lowest BCUT2D eigenvalue weighted by atomic mass is 10.1. The fourth-order valence-electron chi connectivity index (χ4n) is 4.31. The topological polar surface area (TPSA) is 34.1 Å². The van der Waals surface area contributed by atoms with Gasteiger partial charge in [-0.15, -0.1) is 24.0 Å². The lowest BCUT2D eigenvalue weighted by Gasteiger charge is -2.39. The first-order valence-corrected chi connectivity index (χ1v) is 10.9. The Hall–Kier alpha value is -1.07. The maximum atomic E-state index is 12.9. The Kier molecular flexibility index (Phi) is 10.3. The van der Waals surface area contributed by atoms with Crippen LogP contribution in [-0.4, -0.2) is 92.3 Å². The van der Waals surface area contributed by atoms with Gasteiger partial charge in [0.1, 0.15) is 6.04 Å². The van der Waals surface area contributed by atoms with Gasteiger partial charge >= 0.3 is 6.18 Å². The lowest BCUT2D eigenvalue weighted by molar-refractivity contribution is -0.181. The van der Waals surface area contributed by atoms with Gasteiger partial charge in [0.15, 0.2) is 5.96 Å². The van der Waals surface area contributed by atoms with E-state index in [9.17, 15) is 13.2 Å². The van der Waals surface area contributed by atoms with E-state index >= 15 is 0 Å². The molecule has 2 saturated heterocycles. The molecule has 31 heavy (non-hydrogen) atoms. The molecule has 2 unspecified atom stereocenters. The summed E-state index contributed by atoms with van der Waals surface area (Å²) in [7, 11) is 1.74. The molecule has 176 valence electrons. The van der Waals surface area contributed by atoms with E-state index in [1.165, 1.54) is 17.4 Å². The molecule has 2 aliphatic rings. The molecule has 3 rings (SSSR count). The van der Waals surface area contributed by atoms with Gasteiger partial charge in [-0.25, -0.2) is 0 Å². The van der Waals surface area contributed by atoms with E-state index in [4.69, 9.17) is 0 Å². The molecule has 0 saturated carbocycles. The van der Waals surface area contributed by atoms with Crippen molar-refractivity contribution in [1.82, 2.24) is 20.0 Å². The number of benzene rings is 1. The van der Waals surface area contributed by atoms with Crippen LogP contribution in [0.15, 0.2) is 35.3 Å². The van der Waals surface area contributed by atoms with Crippen LogP contribution in [0.5, 0.6) is 0 Å². The molecule has 2 aliphatic heterocycles. The fourth-order valence-corrected chi connectivity index (χ4v) is 4.31. The second-order valence-corrected chi connectivity index (χ2v) is 8.36. The fraction of sp³-hybridized carbons (Fsp3) is 0.682. The summed E-state index contributed by atoms with van der Waals surface area (Å²) in [4.78, 5) is 10.5. The molecule has 1 aromatic rings. The predicted octanol–water partition coefficient (Wildman–Crippen LogP) is 3.31. The van der Waals surface area contributed by atoms with Crippen molar-refractivity contribution in [3.05, 3.63) is 35.9 Å². The normalized spacial score (nSPS) is 22.3. The van der Waals surface area contributed by atoms with Crippen molar-refractivity contribution in [3.8, 4) is 0 Å². The number of hydrogen-bond donors (Lipinski definition) is 1. The first kappa shape index (κ1) is 26.2. The number of nitrogens with zero attached hydrogens (tertiary/aromatic N) is 4. The van der Waals surface area contributed by atoms with Crippen LogP contribution >= 0.6 is 24.0 Å². The highest BCUT2D eigenvalue weighted by Gasteiger charge is 2.41. The first-order chi connectivity index (χ1) is 14.4. The van der Waals surface area contributed by atoms with Gasteiger partial charge in [-0.3, -0.25) is 9.89 Å². The summed E-state index contributed by atoms with van der Waals surface area (Å²) in [6, 6.07) is 9.17. The van der Waals surface area contributed by atoms with Crippen LogP contribution in [-0.2, 0) is 6.42 Å². The Morgan fingerprint density at radius 2 is 1.81 bits per heavy atom. The monoisotopic (exact) mass is 553 g/mol. The minimum atomic E-state index is -4.17. The SMILES string of the molecule is CN=C(NCC1CCN(CCc2ccccc2)C1)N1CCN(C(C)C(F)(F)F)CC1.I. The van der Waals surface area contributed by atoms with Crippen LogP contribution in [0.3, 0.4) is 0 Å². The molecule has 1 aromatic carbocycles. The van der Waals surface area contributed by atoms with Crippen LogP contribution in [0, 0.1) is 5.92 Å². The third-order valence-corrected chi connectivity index (χ3v) is 6.33. The predicted molar refractivity (Wildman–Crippen MR) is 130 cm³/mol. The minimum Gasteiger partial charge on any atom is -0.356 e. The highest BCUT2D eigenvalue weighted by molar-refractivity contribution is 14.0. The molecule has 0 amide bonds. The highest BCUT2D eigenvalue weighted by Crippen LogP contribution is 2.25. The van der Waals surface area contributed by atoms with Crippen LogP contribution in [0.4, 0.5) is 13.2 Å². The van der Waals surface area contributed by atoms with E-state index in [2.05, 4.69) is 44.4 Å². The van der Waals surface area contributed by atoms with E-state index in [1.807, 2.05) is 6.07 Å². The summed E-state index contributed by atoms with van der Waals surface area (Å²) in [6.07, 6.45) is -1.93. The molecule has 0 aromatic heterocycles. The van der Waals surface area contributed by atoms with Gasteiger partial charge in [-0.1, -0.05) is 30.3 Å². The maximum Gasteiger partial charge on any atom is 0.403 e. The molecule has 5 nitrogen and oxygen atoms in total. The average molecular weight is 553 g/mol. The summed E-state index contributed by atoms with van der Waals surface area (Å²) in [5.41, 5.74) is 1.37. The Balaban J connectivity index is 0.00000341. The first-order valence-electron chi connectivity index (χ1n) is 10.9. The molecule has 9 heteroatoms. The highest BCUT2D eigenvalue weighted by atomic mass is 127. The summed E-state index contributed by atoms with van der Waals surface area (Å²) in [5.74, 6) is 1.38. The Bertz CT molecular complexity index is 677. The molecule has 0 radical (unpaired) electrons. The number of piperazine rings is 1. The van der Waals surface area contributed by atoms with E-state index in [1.54, 1.807) is 7.05 Å². The van der Waals surface area contributed by atoms with Gasteiger partial charge in [0.2, 0.25) is 0 Å². The van der Waals surface area contributed by atoms with Crippen molar-refractivity contribution >= 4 is 29.9 Å². The van der Waals surface area contributed by atoms with Crippen LogP contribution in [0.1, 0.15) is 18.9 Å². The second-order valence-electron chi connectivity index (χ2n) is 8.36. The van der Waals surface area contributed by atoms with Crippen molar-refractivity contribution in [1.29, 1.82) is 0 Å². The lowest BCUT2D eigenvalue weighted by Crippen LogP contribution is -2.57. The van der Waals surface area contributed by atoms with Gasteiger partial charge in [-0.2, -0.15) is 13.2 Å². The number of aliphatic imine (C=N–C) groups is 1. The van der Waals surface area contributed by atoms with Gasteiger partial charge in [-0.05, 0) is 37.8 Å². The molecule has 0 bridgehead atoms. The number of halogens is 4. The number of guanidine groups is 1. The van der Waals surface area contributed by atoms with Gasteiger partial charge in [0.25, 0.3) is 0 Å². The minimum absolute atomic E-state index is 0. The quantitative estimate of drug-likeness (QED) is 0.333. The molecule has 1 N–H and O–H groups in total. The largest absolute Gasteiger partial charge is 0.403 e. The summed E-state index contributed by atoms with van der Waals surface area (Å²) < 4.78 is 38.8. The van der Waals surface area contributed by atoms with Crippen LogP contribution < -0.4 is 5.32 Å². The Labute approximate surface area is 201 Å². The maximum absolute atomic E-state index is 12.9. The van der Waals surface area contributed by atoms with Crippen molar-refractivity contribution in [3.63, 3.8) is 0 Å². The zero-order chi connectivity index (χ0) is 21.6. The average Bonchev–Trinajstić information content (AvgIpc) is 3.20. The number of nitrogens with one attached hydrogen (secondary N) is 1. The summed E-state index contributed by atoms with van der Waals surface area (Å²) >= 11 is 0. The third kappa shape index (κ3) is 7.78. The van der Waals surface area contributed by atoms with Crippen LogP contribution in [0.2, 0.25) is 0 Å². The molecule has 0 aliphatic carbocycles. The zero-order valence-corrected chi connectivity index (χ0v) is 20.8. The van der Waals surface area contributed by atoms with Gasteiger partial charge in [0.05, 0.1) is 0 Å². The summed E-state index contributed by atoms with van der Waals surface area (Å²) in [5, 5.41) is 3.46. The Morgan fingerprint density at radius 1 is 1.13 bits per heavy atom. The molecule has 2 atom stereocenters. The van der Waals surface area contributed by atoms with Crippen molar-refractivity contribution in [2.45, 2.75) is 32.0 Å². The second kappa shape index (κ2) is 12.2. The molecular weight excluding hydrogens is 518 g/mol. The number of alkyl halides is 3. The molecular formula is C22H35F3IN5. The van der Waals surface area contributed by atoms with Gasteiger partial charge in [0, 0.05) is 52.9 Å². The van der Waals surface area contributed by atoms with E-state index in [0.29, 0.717) is 32.1 Å². The van der Waals surface area contributed by atoms with E-state index in [0.717, 1.165) is 45.0 Å². The van der Waals surface area contributed by atoms with E-state index < -0.39 is 12.2 Å². The smallest absolute Gasteiger partial charge is 0.356 e.